The van der Waals surface area contributed by atoms with Crippen molar-refractivity contribution >= 4 is 20.1 Å². The highest BCUT2D eigenvalue weighted by Gasteiger charge is 2.47. The number of hydrogen-bond donors (Lipinski definition) is 1. The maximum Gasteiger partial charge on any atom is 0.185 e. The maximum absolute atomic E-state index is 9.06. The number of hydrogen-bond acceptors (Lipinski definition) is 3. The molecule has 0 bridgehead atoms. The third kappa shape index (κ3) is 3.62. The van der Waals surface area contributed by atoms with Gasteiger partial charge in [0.2, 0.25) is 0 Å². The van der Waals surface area contributed by atoms with Crippen molar-refractivity contribution in [3.8, 4) is 0 Å². The summed E-state index contributed by atoms with van der Waals surface area (Å²) in [5.41, 5.74) is 1.39. The van der Waals surface area contributed by atoms with Crippen LogP contribution in [-0.4, -0.2) is 31.2 Å². The monoisotopic (exact) mass is 288 g/mol. The molecule has 1 aliphatic rings. The zero-order chi connectivity index (χ0) is 14.0. The average Bonchev–Trinajstić information content (AvgIpc) is 2.22. The van der Waals surface area contributed by atoms with Gasteiger partial charge in [0.25, 0.3) is 0 Å². The topological polar surface area (TPSA) is 29.5 Å². The Morgan fingerprint density at radius 2 is 1.83 bits per heavy atom. The van der Waals surface area contributed by atoms with Crippen LogP contribution in [0.15, 0.2) is 11.6 Å². The predicted octanol–water partition coefficient (Wildman–Crippen LogP) is 3.88. The summed E-state index contributed by atoms with van der Waals surface area (Å²) in [6, 6.07) is 0. The van der Waals surface area contributed by atoms with Gasteiger partial charge in [0.1, 0.15) is 4.93 Å². The van der Waals surface area contributed by atoms with Gasteiger partial charge in [-0.3, -0.25) is 0 Å². The van der Waals surface area contributed by atoms with Crippen LogP contribution in [0.4, 0.5) is 0 Å². The van der Waals surface area contributed by atoms with Crippen molar-refractivity contribution in [2.75, 3.05) is 12.9 Å². The number of rotatable bonds is 4. The van der Waals surface area contributed by atoms with Crippen molar-refractivity contribution in [1.82, 2.24) is 0 Å². The van der Waals surface area contributed by atoms with Crippen molar-refractivity contribution in [2.24, 2.45) is 11.8 Å². The fourth-order valence-corrected chi connectivity index (χ4v) is 6.47. The van der Waals surface area contributed by atoms with Crippen LogP contribution in [0.2, 0.25) is 19.6 Å². The fraction of sp³-hybridized carbons (Fsp3) is 0.857. The van der Waals surface area contributed by atoms with Crippen LogP contribution >= 0.6 is 11.8 Å². The summed E-state index contributed by atoms with van der Waals surface area (Å²) >= 11 is 1.88. The lowest BCUT2D eigenvalue weighted by atomic mass is 9.77. The molecule has 1 fully saturated rings. The molecule has 18 heavy (non-hydrogen) atoms. The lowest BCUT2D eigenvalue weighted by Crippen LogP contribution is -2.51. The molecule has 0 aromatic rings. The van der Waals surface area contributed by atoms with Crippen molar-refractivity contribution in [2.45, 2.75) is 51.3 Å². The van der Waals surface area contributed by atoms with Gasteiger partial charge in [-0.05, 0) is 50.6 Å². The molecule has 2 nitrogen and oxygen atoms in total. The molecule has 0 spiro atoms. The van der Waals surface area contributed by atoms with E-state index in [0.29, 0.717) is 11.8 Å². The molecule has 0 aliphatic heterocycles. The molecular formula is C14H28O2SSi. The summed E-state index contributed by atoms with van der Waals surface area (Å²) in [7, 11) is -1.55. The first-order chi connectivity index (χ1) is 8.25. The molecule has 106 valence electrons. The van der Waals surface area contributed by atoms with E-state index in [9.17, 15) is 0 Å². The summed E-state index contributed by atoms with van der Waals surface area (Å²) in [6.45, 7) is 11.5. The van der Waals surface area contributed by atoms with Gasteiger partial charge >= 0.3 is 0 Å². The smallest absolute Gasteiger partial charge is 0.185 e. The number of thioether (sulfide) groups is 1. The SMILES string of the molecule is CSC1(O[Si](C)(C)C)C(C)CC(=CCO)CC1C. The van der Waals surface area contributed by atoms with Crippen molar-refractivity contribution in [1.29, 1.82) is 0 Å². The Morgan fingerprint density at radius 1 is 1.33 bits per heavy atom. The van der Waals surface area contributed by atoms with E-state index < -0.39 is 8.32 Å². The molecule has 4 heteroatoms. The van der Waals surface area contributed by atoms with E-state index in [1.807, 2.05) is 17.8 Å². The highest BCUT2D eigenvalue weighted by atomic mass is 32.2. The van der Waals surface area contributed by atoms with E-state index in [1.54, 1.807) is 0 Å². The number of allylic oxidation sites excluding steroid dienone is 1. The molecule has 0 aromatic heterocycles. The second kappa shape index (κ2) is 6.12. The van der Waals surface area contributed by atoms with E-state index in [4.69, 9.17) is 9.53 Å². The first kappa shape index (κ1) is 16.3. The molecule has 2 unspecified atom stereocenters. The zero-order valence-electron chi connectivity index (χ0n) is 12.6. The zero-order valence-corrected chi connectivity index (χ0v) is 14.4. The second-order valence-electron chi connectivity index (χ2n) is 6.40. The Hall–Kier alpha value is 0.227. The van der Waals surface area contributed by atoms with Crippen LogP contribution in [-0.2, 0) is 4.43 Å². The van der Waals surface area contributed by atoms with Gasteiger partial charge in [0.15, 0.2) is 8.32 Å². The van der Waals surface area contributed by atoms with Crippen LogP contribution < -0.4 is 0 Å². The standard InChI is InChI=1S/C14H28O2SSi/c1-11-9-13(7-8-15)10-12(2)14(11,17-3)16-18(4,5)6/h7,11-12,15H,8-10H2,1-6H3. The largest absolute Gasteiger partial charge is 0.403 e. The van der Waals surface area contributed by atoms with Crippen LogP contribution in [0.25, 0.3) is 0 Å². The first-order valence-corrected chi connectivity index (χ1v) is 11.4. The molecule has 1 rings (SSSR count). The molecule has 0 amide bonds. The molecule has 0 radical (unpaired) electrons. The van der Waals surface area contributed by atoms with Gasteiger partial charge < -0.3 is 9.53 Å². The Bertz CT molecular complexity index is 295. The molecule has 1 N–H and O–H groups in total. The lowest BCUT2D eigenvalue weighted by molar-refractivity contribution is 0.0315. The molecule has 2 atom stereocenters. The number of aliphatic hydroxyl groups excluding tert-OH is 1. The van der Waals surface area contributed by atoms with Crippen LogP contribution in [0, 0.1) is 11.8 Å². The van der Waals surface area contributed by atoms with Gasteiger partial charge in [-0.15, -0.1) is 11.8 Å². The van der Waals surface area contributed by atoms with Crippen LogP contribution in [0.1, 0.15) is 26.7 Å². The van der Waals surface area contributed by atoms with E-state index in [-0.39, 0.29) is 11.5 Å². The van der Waals surface area contributed by atoms with E-state index >= 15 is 0 Å². The highest BCUT2D eigenvalue weighted by Crippen LogP contribution is 2.50. The van der Waals surface area contributed by atoms with Crippen LogP contribution in [0.3, 0.4) is 0 Å². The van der Waals surface area contributed by atoms with Crippen molar-refractivity contribution < 1.29 is 9.53 Å². The van der Waals surface area contributed by atoms with Crippen molar-refractivity contribution in [3.63, 3.8) is 0 Å². The van der Waals surface area contributed by atoms with E-state index in [0.717, 1.165) is 12.8 Å². The molecule has 0 aromatic carbocycles. The third-order valence-electron chi connectivity index (χ3n) is 3.68. The highest BCUT2D eigenvalue weighted by molar-refractivity contribution is 7.99. The minimum atomic E-state index is -1.55. The summed E-state index contributed by atoms with van der Waals surface area (Å²) in [6.07, 6.45) is 6.26. The quantitative estimate of drug-likeness (QED) is 0.483. The van der Waals surface area contributed by atoms with E-state index in [1.165, 1.54) is 5.57 Å². The van der Waals surface area contributed by atoms with Gasteiger partial charge in [0.05, 0.1) is 6.61 Å². The fourth-order valence-electron chi connectivity index (χ4n) is 3.06. The molecule has 0 saturated heterocycles. The first-order valence-electron chi connectivity index (χ1n) is 6.79. The summed E-state index contributed by atoms with van der Waals surface area (Å²) in [5, 5.41) is 9.06. The second-order valence-corrected chi connectivity index (χ2v) is 11.9. The molecule has 1 aliphatic carbocycles. The van der Waals surface area contributed by atoms with Gasteiger partial charge in [-0.1, -0.05) is 25.5 Å². The maximum atomic E-state index is 9.06. The van der Waals surface area contributed by atoms with Crippen LogP contribution in [0.5, 0.6) is 0 Å². The third-order valence-corrected chi connectivity index (χ3v) is 6.30. The average molecular weight is 289 g/mol. The molecule has 0 heterocycles. The minimum absolute atomic E-state index is 0.0444. The summed E-state index contributed by atoms with van der Waals surface area (Å²) in [4.78, 5) is -0.0444. The Labute approximate surface area is 117 Å². The van der Waals surface area contributed by atoms with Crippen molar-refractivity contribution in [3.05, 3.63) is 11.6 Å². The Morgan fingerprint density at radius 3 is 2.17 bits per heavy atom. The molecular weight excluding hydrogens is 260 g/mol. The lowest BCUT2D eigenvalue weighted by Gasteiger charge is -2.50. The predicted molar refractivity (Wildman–Crippen MR) is 83.4 cm³/mol. The number of aliphatic hydroxyl groups is 1. The minimum Gasteiger partial charge on any atom is -0.403 e. The van der Waals surface area contributed by atoms with Gasteiger partial charge in [0, 0.05) is 0 Å². The summed E-state index contributed by atoms with van der Waals surface area (Å²) < 4.78 is 6.58. The summed E-state index contributed by atoms with van der Waals surface area (Å²) in [5.74, 6) is 1.00. The Kier molecular flexibility index (Phi) is 5.53. The van der Waals surface area contributed by atoms with Gasteiger partial charge in [-0.2, -0.15) is 0 Å². The Balaban J connectivity index is 2.96. The van der Waals surface area contributed by atoms with E-state index in [2.05, 4.69) is 39.7 Å². The van der Waals surface area contributed by atoms with Gasteiger partial charge in [-0.25, -0.2) is 0 Å². The molecule has 1 saturated carbocycles. The normalized spacial score (nSPS) is 33.6.